The van der Waals surface area contributed by atoms with Gasteiger partial charge in [0, 0.05) is 28.3 Å². The summed E-state index contributed by atoms with van der Waals surface area (Å²) in [5.74, 6) is 0. The molecule has 0 aliphatic rings. The van der Waals surface area contributed by atoms with Gasteiger partial charge < -0.3 is 7.96 Å². The number of hydrogen-bond donors (Lipinski definition) is 1. The second-order valence-electron chi connectivity index (χ2n) is 1.08. The van der Waals surface area contributed by atoms with Crippen LogP contribution in [0.25, 0.3) is 0 Å². The molecule has 0 aromatic carbocycles. The van der Waals surface area contributed by atoms with Gasteiger partial charge >= 0.3 is 48.9 Å². The molecule has 0 saturated heterocycles. The van der Waals surface area contributed by atoms with E-state index in [4.69, 9.17) is 5.11 Å². The quantitative estimate of drug-likeness (QED) is 0.723. The van der Waals surface area contributed by atoms with Crippen LogP contribution in [0.15, 0.2) is 0 Å². The van der Waals surface area contributed by atoms with Gasteiger partial charge in [-0.2, -0.15) is 0 Å². The standard InChI is InChI=1S/C4H10O.Ba.Ti.2H/c1-2-3-4-5;;;;/h5H,2-4H2,1H3;;;;/q;+2;;2*-1. The predicted octanol–water partition coefficient (Wildman–Crippen LogP) is 0.620. The fourth-order valence-corrected chi connectivity index (χ4v) is 0.158. The van der Waals surface area contributed by atoms with Crippen molar-refractivity contribution < 1.29 is 29.7 Å². The third kappa shape index (κ3) is 17.8. The first kappa shape index (κ1) is 16.1. The zero-order chi connectivity index (χ0) is 4.12. The van der Waals surface area contributed by atoms with Gasteiger partial charge in [-0.05, 0) is 6.42 Å². The van der Waals surface area contributed by atoms with E-state index in [1.165, 1.54) is 0 Å². The van der Waals surface area contributed by atoms with Gasteiger partial charge in [-0.15, -0.1) is 0 Å². The molecule has 7 heavy (non-hydrogen) atoms. The Morgan fingerprint density at radius 2 is 2.00 bits per heavy atom. The Bertz CT molecular complexity index is 26.0. The minimum absolute atomic E-state index is 0. The van der Waals surface area contributed by atoms with Crippen LogP contribution >= 0.6 is 0 Å². The van der Waals surface area contributed by atoms with E-state index in [1.807, 2.05) is 0 Å². The molecule has 40 valence electrons. The fraction of sp³-hybridized carbons (Fsp3) is 1.00. The second-order valence-corrected chi connectivity index (χ2v) is 1.08. The molecule has 0 spiro atoms. The van der Waals surface area contributed by atoms with Crippen LogP contribution in [0.4, 0.5) is 0 Å². The maximum absolute atomic E-state index is 8.07. The van der Waals surface area contributed by atoms with E-state index in [9.17, 15) is 0 Å². The molecule has 1 nitrogen and oxygen atoms in total. The van der Waals surface area contributed by atoms with E-state index < -0.39 is 0 Å². The van der Waals surface area contributed by atoms with Crippen LogP contribution in [0.3, 0.4) is 0 Å². The molecule has 1 N–H and O–H groups in total. The zero-order valence-corrected chi connectivity index (χ0v) is 10.8. The van der Waals surface area contributed by atoms with Crippen molar-refractivity contribution in [1.82, 2.24) is 0 Å². The normalized spacial score (nSPS) is 6.00. The molecule has 0 saturated carbocycles. The smallest absolute Gasteiger partial charge is 1.00 e. The molecule has 0 unspecified atom stereocenters. The van der Waals surface area contributed by atoms with Crippen molar-refractivity contribution in [2.75, 3.05) is 6.61 Å². The molecule has 0 amide bonds. The Kier molecular flexibility index (Phi) is 36.2. The molecule has 3 heteroatoms. The van der Waals surface area contributed by atoms with Crippen molar-refractivity contribution in [2.24, 2.45) is 0 Å². The Labute approximate surface area is 103 Å². The number of hydrogen-bond acceptors (Lipinski definition) is 1. The van der Waals surface area contributed by atoms with E-state index in [2.05, 4.69) is 6.92 Å². The molecule has 0 heterocycles. The fourth-order valence-electron chi connectivity index (χ4n) is 0.158. The van der Waals surface area contributed by atoms with Gasteiger partial charge in [0.1, 0.15) is 0 Å². The minimum atomic E-state index is 0. The molecule has 0 atom stereocenters. The van der Waals surface area contributed by atoms with Crippen LogP contribution in [-0.4, -0.2) is 60.6 Å². The molecule has 0 fully saturated rings. The van der Waals surface area contributed by atoms with Crippen LogP contribution in [0.2, 0.25) is 0 Å². The number of aliphatic hydroxyl groups excluding tert-OH is 1. The average Bonchev–Trinajstić information content (AvgIpc) is 1.41. The summed E-state index contributed by atoms with van der Waals surface area (Å²) in [4.78, 5) is 0. The third-order valence-corrected chi connectivity index (χ3v) is 0.512. The molecule has 0 aromatic heterocycles. The summed E-state index contributed by atoms with van der Waals surface area (Å²) >= 11 is 0. The largest absolute Gasteiger partial charge is 2.00 e. The van der Waals surface area contributed by atoms with E-state index in [1.54, 1.807) is 0 Å². The molecule has 0 aliphatic carbocycles. The molecule has 0 radical (unpaired) electrons. The van der Waals surface area contributed by atoms with Gasteiger partial charge in [-0.3, -0.25) is 0 Å². The number of aliphatic hydroxyl groups is 1. The summed E-state index contributed by atoms with van der Waals surface area (Å²) in [7, 11) is 0. The van der Waals surface area contributed by atoms with E-state index in [0.29, 0.717) is 6.61 Å². The second kappa shape index (κ2) is 15.7. The van der Waals surface area contributed by atoms with Crippen LogP contribution in [0, 0.1) is 0 Å². The molecular formula is C4H12BaOTi. The SMILES string of the molecule is CCCCO.[Ba+2].[H-].[H-].[Ti]. The Morgan fingerprint density at radius 1 is 1.57 bits per heavy atom. The summed E-state index contributed by atoms with van der Waals surface area (Å²) in [6, 6.07) is 0. The maximum Gasteiger partial charge on any atom is 2.00 e. The Hall–Kier alpha value is 2.25. The first-order valence-corrected chi connectivity index (χ1v) is 2.02. The molecule has 0 rings (SSSR count). The van der Waals surface area contributed by atoms with E-state index in [0.717, 1.165) is 12.8 Å². The van der Waals surface area contributed by atoms with Crippen molar-refractivity contribution in [2.45, 2.75) is 19.8 Å². The van der Waals surface area contributed by atoms with Gasteiger partial charge in [-0.25, -0.2) is 0 Å². The van der Waals surface area contributed by atoms with Gasteiger partial charge in [-0.1, -0.05) is 13.3 Å². The van der Waals surface area contributed by atoms with E-state index >= 15 is 0 Å². The van der Waals surface area contributed by atoms with Gasteiger partial charge in [0.15, 0.2) is 0 Å². The van der Waals surface area contributed by atoms with Crippen molar-refractivity contribution in [3.05, 3.63) is 0 Å². The Morgan fingerprint density at radius 3 is 2.00 bits per heavy atom. The minimum Gasteiger partial charge on any atom is -1.00 e. The number of rotatable bonds is 2. The summed E-state index contributed by atoms with van der Waals surface area (Å²) in [6.45, 7) is 2.40. The summed E-state index contributed by atoms with van der Waals surface area (Å²) in [5, 5.41) is 8.07. The predicted molar refractivity (Wildman–Crippen MR) is 30.0 cm³/mol. The summed E-state index contributed by atoms with van der Waals surface area (Å²) in [5.41, 5.74) is 0. The van der Waals surface area contributed by atoms with Gasteiger partial charge in [0.05, 0.1) is 0 Å². The molecule has 0 aliphatic heterocycles. The van der Waals surface area contributed by atoms with Crippen LogP contribution in [-0.2, 0) is 21.7 Å². The molecule has 0 aromatic rings. The van der Waals surface area contributed by atoms with Crippen LogP contribution in [0.1, 0.15) is 22.6 Å². The molecular weight excluding hydrogens is 249 g/mol. The van der Waals surface area contributed by atoms with Crippen molar-refractivity contribution in [3.8, 4) is 0 Å². The van der Waals surface area contributed by atoms with Gasteiger partial charge in [0.2, 0.25) is 0 Å². The monoisotopic (exact) mass is 262 g/mol. The first-order valence-electron chi connectivity index (χ1n) is 2.02. The summed E-state index contributed by atoms with van der Waals surface area (Å²) in [6.07, 6.45) is 2.04. The van der Waals surface area contributed by atoms with Crippen molar-refractivity contribution in [3.63, 3.8) is 0 Å². The van der Waals surface area contributed by atoms with Crippen molar-refractivity contribution in [1.29, 1.82) is 0 Å². The third-order valence-electron chi connectivity index (χ3n) is 0.512. The van der Waals surface area contributed by atoms with E-state index in [-0.39, 0.29) is 73.5 Å². The van der Waals surface area contributed by atoms with Crippen LogP contribution < -0.4 is 0 Å². The van der Waals surface area contributed by atoms with Gasteiger partial charge in [0.25, 0.3) is 0 Å². The Balaban J connectivity index is -0.0000000133. The average molecular weight is 261 g/mol. The van der Waals surface area contributed by atoms with Crippen LogP contribution in [0.5, 0.6) is 0 Å². The van der Waals surface area contributed by atoms with Crippen molar-refractivity contribution >= 4 is 48.9 Å². The maximum atomic E-state index is 8.07. The number of unbranched alkanes of at least 4 members (excludes halogenated alkanes) is 1. The topological polar surface area (TPSA) is 20.2 Å². The summed E-state index contributed by atoms with van der Waals surface area (Å²) < 4.78 is 0. The first-order chi connectivity index (χ1) is 2.41. The zero-order valence-electron chi connectivity index (χ0n) is 6.78. The molecule has 0 bridgehead atoms.